The minimum atomic E-state index is 0.163. The van der Waals surface area contributed by atoms with Gasteiger partial charge in [-0.3, -0.25) is 5.32 Å². The van der Waals surface area contributed by atoms with Crippen LogP contribution in [0.25, 0.3) is 0 Å². The Morgan fingerprint density at radius 3 is 3.08 bits per heavy atom. The predicted molar refractivity (Wildman–Crippen MR) is 56.9 cm³/mol. The van der Waals surface area contributed by atoms with E-state index in [1.54, 1.807) is 0 Å². The fourth-order valence-electron chi connectivity index (χ4n) is 0.925. The third kappa shape index (κ3) is 3.59. The fraction of sp³-hybridized carbons (Fsp3) is 0.750. The van der Waals surface area contributed by atoms with E-state index in [1.807, 2.05) is 6.92 Å². The molecule has 0 bridgehead atoms. The van der Waals surface area contributed by atoms with E-state index in [-0.39, 0.29) is 6.10 Å². The van der Waals surface area contributed by atoms with Crippen LogP contribution in [-0.4, -0.2) is 30.3 Å². The molecule has 5 heteroatoms. The number of nitrogens with one attached hydrogen (secondary N) is 2. The second-order valence-corrected chi connectivity index (χ2v) is 3.36. The molecule has 0 aromatic rings. The first kappa shape index (κ1) is 10.2. The average molecular weight is 201 g/mol. The highest BCUT2D eigenvalue weighted by molar-refractivity contribution is 7.80. The molecule has 1 atom stereocenters. The average Bonchev–Trinajstić information content (AvgIpc) is 2.48. The lowest BCUT2D eigenvalue weighted by molar-refractivity contribution is 0.239. The van der Waals surface area contributed by atoms with E-state index in [9.17, 15) is 0 Å². The number of thiocarbonyl (C=S) groups is 1. The van der Waals surface area contributed by atoms with Crippen LogP contribution in [0.5, 0.6) is 0 Å². The molecule has 0 saturated carbocycles. The number of hydrogen-bond acceptors (Lipinski definition) is 3. The van der Waals surface area contributed by atoms with E-state index in [0.29, 0.717) is 17.7 Å². The molecule has 0 saturated heterocycles. The van der Waals surface area contributed by atoms with Crippen LogP contribution >= 0.6 is 12.2 Å². The summed E-state index contributed by atoms with van der Waals surface area (Å²) in [6.45, 7) is 5.63. The first-order valence-corrected chi connectivity index (χ1v) is 4.89. The number of amidine groups is 1. The Labute approximate surface area is 83.8 Å². The monoisotopic (exact) mass is 201 g/mol. The first-order chi connectivity index (χ1) is 6.22. The van der Waals surface area contributed by atoms with Gasteiger partial charge in [0, 0.05) is 6.54 Å². The van der Waals surface area contributed by atoms with E-state index in [2.05, 4.69) is 22.5 Å². The second kappa shape index (κ2) is 5.01. The molecule has 0 amide bonds. The van der Waals surface area contributed by atoms with Crippen LogP contribution in [0.1, 0.15) is 20.3 Å². The van der Waals surface area contributed by atoms with Gasteiger partial charge in [0.15, 0.2) is 5.11 Å². The summed E-state index contributed by atoms with van der Waals surface area (Å²) in [6.07, 6.45) is 1.21. The highest BCUT2D eigenvalue weighted by Gasteiger charge is 2.15. The molecule has 0 aromatic carbocycles. The van der Waals surface area contributed by atoms with Gasteiger partial charge in [-0.05, 0) is 25.6 Å². The van der Waals surface area contributed by atoms with Crippen molar-refractivity contribution in [2.24, 2.45) is 4.99 Å². The molecule has 0 spiro atoms. The fourth-order valence-corrected chi connectivity index (χ4v) is 1.11. The number of ether oxygens (including phenoxy) is 1. The Morgan fingerprint density at radius 1 is 1.77 bits per heavy atom. The maximum Gasteiger partial charge on any atom is 0.291 e. The van der Waals surface area contributed by atoms with E-state index >= 15 is 0 Å². The maximum absolute atomic E-state index is 5.32. The summed E-state index contributed by atoms with van der Waals surface area (Å²) >= 11 is 5.01. The molecule has 2 N–H and O–H groups in total. The van der Waals surface area contributed by atoms with Crippen molar-refractivity contribution in [3.63, 3.8) is 0 Å². The lowest BCUT2D eigenvalue weighted by Crippen LogP contribution is -2.40. The molecule has 0 radical (unpaired) electrons. The van der Waals surface area contributed by atoms with Gasteiger partial charge in [0.2, 0.25) is 0 Å². The molecule has 13 heavy (non-hydrogen) atoms. The molecule has 1 rings (SSSR count). The normalized spacial score (nSPS) is 20.5. The van der Waals surface area contributed by atoms with Crippen molar-refractivity contribution in [1.29, 1.82) is 0 Å². The lowest BCUT2D eigenvalue weighted by Gasteiger charge is -2.09. The van der Waals surface area contributed by atoms with Crippen LogP contribution in [0.15, 0.2) is 4.99 Å². The highest BCUT2D eigenvalue weighted by atomic mass is 32.1. The van der Waals surface area contributed by atoms with Crippen molar-refractivity contribution < 1.29 is 4.74 Å². The number of aliphatic imine (C=N–C) groups is 1. The smallest absolute Gasteiger partial charge is 0.291 e. The SMILES string of the molecule is CCCNC(=S)NC1=NCC(C)O1. The van der Waals surface area contributed by atoms with Crippen molar-refractivity contribution in [3.8, 4) is 0 Å². The van der Waals surface area contributed by atoms with Gasteiger partial charge >= 0.3 is 0 Å². The molecule has 1 aliphatic heterocycles. The largest absolute Gasteiger partial charge is 0.460 e. The Kier molecular flexibility index (Phi) is 3.95. The zero-order chi connectivity index (χ0) is 9.68. The minimum Gasteiger partial charge on any atom is -0.460 e. The van der Waals surface area contributed by atoms with Gasteiger partial charge in [0.1, 0.15) is 6.10 Å². The lowest BCUT2D eigenvalue weighted by atomic mass is 10.4. The highest BCUT2D eigenvalue weighted by Crippen LogP contribution is 2.00. The summed E-state index contributed by atoms with van der Waals surface area (Å²) in [5.41, 5.74) is 0. The summed E-state index contributed by atoms with van der Waals surface area (Å²) in [5.74, 6) is 0. The number of nitrogens with zero attached hydrogens (tertiary/aromatic N) is 1. The Morgan fingerprint density at radius 2 is 2.54 bits per heavy atom. The third-order valence-electron chi connectivity index (χ3n) is 1.56. The summed E-state index contributed by atoms with van der Waals surface area (Å²) in [6, 6.07) is 0.529. The van der Waals surface area contributed by atoms with Crippen molar-refractivity contribution in [2.75, 3.05) is 13.1 Å². The molecule has 74 valence electrons. The number of rotatable bonds is 2. The quantitative estimate of drug-likeness (QED) is 0.643. The van der Waals surface area contributed by atoms with E-state index in [1.165, 1.54) is 0 Å². The standard InChI is InChI=1S/C8H15N3OS/c1-3-4-9-8(13)11-7-10-5-6(2)12-7/h6H,3-5H2,1-2H3,(H2,9,10,11,13). The molecule has 1 heterocycles. The summed E-state index contributed by atoms with van der Waals surface area (Å²) < 4.78 is 5.32. The Bertz CT molecular complexity index is 217. The maximum atomic E-state index is 5.32. The molecular formula is C8H15N3OS. The van der Waals surface area contributed by atoms with E-state index < -0.39 is 0 Å². The van der Waals surface area contributed by atoms with E-state index in [4.69, 9.17) is 17.0 Å². The minimum absolute atomic E-state index is 0.163. The molecule has 1 unspecified atom stereocenters. The number of hydrogen-bond donors (Lipinski definition) is 2. The van der Waals surface area contributed by atoms with Gasteiger partial charge in [0.25, 0.3) is 6.02 Å². The van der Waals surface area contributed by atoms with Crippen LogP contribution in [-0.2, 0) is 4.74 Å². The topological polar surface area (TPSA) is 45.7 Å². The Balaban J connectivity index is 2.21. The molecule has 0 aliphatic carbocycles. The second-order valence-electron chi connectivity index (χ2n) is 2.96. The predicted octanol–water partition coefficient (Wildman–Crippen LogP) is 0.635. The molecule has 1 aliphatic rings. The summed E-state index contributed by atoms with van der Waals surface area (Å²) in [5, 5.41) is 6.50. The van der Waals surface area contributed by atoms with Gasteiger partial charge < -0.3 is 10.1 Å². The molecule has 0 aromatic heterocycles. The zero-order valence-electron chi connectivity index (χ0n) is 7.96. The van der Waals surface area contributed by atoms with Crippen LogP contribution < -0.4 is 10.6 Å². The molecule has 4 nitrogen and oxygen atoms in total. The van der Waals surface area contributed by atoms with Gasteiger partial charge in [-0.1, -0.05) is 6.92 Å². The molecule has 0 fully saturated rings. The summed E-state index contributed by atoms with van der Waals surface area (Å²) in [4.78, 5) is 4.12. The van der Waals surface area contributed by atoms with Gasteiger partial charge in [0.05, 0.1) is 6.54 Å². The van der Waals surface area contributed by atoms with Crippen molar-refractivity contribution in [3.05, 3.63) is 0 Å². The Hall–Kier alpha value is -0.840. The summed E-state index contributed by atoms with van der Waals surface area (Å²) in [7, 11) is 0. The van der Waals surface area contributed by atoms with Crippen molar-refractivity contribution in [1.82, 2.24) is 10.6 Å². The van der Waals surface area contributed by atoms with Gasteiger partial charge in [-0.2, -0.15) is 0 Å². The van der Waals surface area contributed by atoms with Crippen LogP contribution in [0.4, 0.5) is 0 Å². The van der Waals surface area contributed by atoms with Gasteiger partial charge in [-0.15, -0.1) is 0 Å². The zero-order valence-corrected chi connectivity index (χ0v) is 8.78. The molecular weight excluding hydrogens is 186 g/mol. The third-order valence-corrected chi connectivity index (χ3v) is 1.81. The van der Waals surface area contributed by atoms with Crippen molar-refractivity contribution >= 4 is 23.4 Å². The van der Waals surface area contributed by atoms with Crippen LogP contribution in [0, 0.1) is 0 Å². The van der Waals surface area contributed by atoms with Crippen molar-refractivity contribution in [2.45, 2.75) is 26.4 Å². The van der Waals surface area contributed by atoms with Crippen LogP contribution in [0.3, 0.4) is 0 Å². The van der Waals surface area contributed by atoms with Gasteiger partial charge in [-0.25, -0.2) is 4.99 Å². The first-order valence-electron chi connectivity index (χ1n) is 4.48. The van der Waals surface area contributed by atoms with E-state index in [0.717, 1.165) is 13.0 Å². The van der Waals surface area contributed by atoms with Crippen LogP contribution in [0.2, 0.25) is 0 Å².